The van der Waals surface area contributed by atoms with Crippen molar-refractivity contribution in [1.82, 2.24) is 10.2 Å². The number of hydrogen-bond donors (Lipinski definition) is 2. The van der Waals surface area contributed by atoms with Crippen LogP contribution in [0.1, 0.15) is 33.1 Å². The lowest BCUT2D eigenvalue weighted by Crippen LogP contribution is -2.51. The van der Waals surface area contributed by atoms with Crippen LogP contribution in [0, 0.1) is 5.92 Å². The summed E-state index contributed by atoms with van der Waals surface area (Å²) in [6.45, 7) is 8.01. The van der Waals surface area contributed by atoms with Gasteiger partial charge in [0, 0.05) is 13.1 Å². The smallest absolute Gasteiger partial charge is 0.235 e. The number of carbonyl (C=O) groups excluding carboxylic acids is 1. The fourth-order valence-electron chi connectivity index (χ4n) is 2.41. The molecule has 16 heavy (non-hydrogen) atoms. The molecule has 1 heterocycles. The maximum Gasteiger partial charge on any atom is 0.235 e. The number of piperidine rings is 1. The molecule has 0 spiro atoms. The molecular weight excluding hydrogens is 202 g/mol. The first kappa shape index (κ1) is 13.5. The summed E-state index contributed by atoms with van der Waals surface area (Å²) in [7, 11) is 0. The van der Waals surface area contributed by atoms with Gasteiger partial charge < -0.3 is 16.0 Å². The van der Waals surface area contributed by atoms with Crippen molar-refractivity contribution in [2.75, 3.05) is 26.2 Å². The third-order valence-corrected chi connectivity index (χ3v) is 3.42. The van der Waals surface area contributed by atoms with E-state index in [2.05, 4.69) is 17.1 Å². The lowest BCUT2D eigenvalue weighted by molar-refractivity contribution is -0.120. The maximum atomic E-state index is 11.2. The molecule has 1 aliphatic rings. The van der Waals surface area contributed by atoms with E-state index < -0.39 is 0 Å². The van der Waals surface area contributed by atoms with Gasteiger partial charge in [-0.25, -0.2) is 0 Å². The molecule has 4 heteroatoms. The second-order valence-corrected chi connectivity index (χ2v) is 4.69. The summed E-state index contributed by atoms with van der Waals surface area (Å²) in [5.74, 6) is 0.560. The molecule has 1 aliphatic heterocycles. The van der Waals surface area contributed by atoms with Crippen molar-refractivity contribution in [3.8, 4) is 0 Å². The van der Waals surface area contributed by atoms with Gasteiger partial charge in [-0.2, -0.15) is 0 Å². The van der Waals surface area contributed by atoms with E-state index in [4.69, 9.17) is 5.73 Å². The van der Waals surface area contributed by atoms with Gasteiger partial charge in [0.2, 0.25) is 5.91 Å². The SMILES string of the molecule is CCNC(CN1CCCC(CC)C1)C(N)=O. The van der Waals surface area contributed by atoms with Gasteiger partial charge in [-0.1, -0.05) is 20.3 Å². The number of rotatable bonds is 6. The van der Waals surface area contributed by atoms with Gasteiger partial charge >= 0.3 is 0 Å². The summed E-state index contributed by atoms with van der Waals surface area (Å²) >= 11 is 0. The van der Waals surface area contributed by atoms with Crippen LogP contribution in [-0.4, -0.2) is 43.0 Å². The Morgan fingerprint density at radius 3 is 2.88 bits per heavy atom. The molecule has 1 amide bonds. The zero-order chi connectivity index (χ0) is 12.0. The van der Waals surface area contributed by atoms with E-state index in [1.807, 2.05) is 6.92 Å². The Balaban J connectivity index is 2.41. The molecule has 0 aromatic carbocycles. The summed E-state index contributed by atoms with van der Waals surface area (Å²) in [6, 6.07) is -0.194. The minimum atomic E-state index is -0.236. The summed E-state index contributed by atoms with van der Waals surface area (Å²) in [6.07, 6.45) is 3.81. The highest BCUT2D eigenvalue weighted by Gasteiger charge is 2.23. The quantitative estimate of drug-likeness (QED) is 0.697. The number of likely N-dealkylation sites (N-methyl/N-ethyl adjacent to an activating group) is 1. The van der Waals surface area contributed by atoms with Gasteiger partial charge in [-0.15, -0.1) is 0 Å². The van der Waals surface area contributed by atoms with Crippen LogP contribution in [0.4, 0.5) is 0 Å². The molecule has 1 rings (SSSR count). The van der Waals surface area contributed by atoms with Crippen LogP contribution in [0.2, 0.25) is 0 Å². The van der Waals surface area contributed by atoms with Gasteiger partial charge in [0.1, 0.15) is 0 Å². The third-order valence-electron chi connectivity index (χ3n) is 3.42. The largest absolute Gasteiger partial charge is 0.368 e. The van der Waals surface area contributed by atoms with Crippen molar-refractivity contribution in [2.45, 2.75) is 39.2 Å². The number of hydrogen-bond acceptors (Lipinski definition) is 3. The second kappa shape index (κ2) is 6.86. The molecule has 0 saturated carbocycles. The standard InChI is InChI=1S/C12H25N3O/c1-3-10-6-5-7-15(8-10)9-11(12(13)16)14-4-2/h10-11,14H,3-9H2,1-2H3,(H2,13,16). The van der Waals surface area contributed by atoms with Crippen molar-refractivity contribution >= 4 is 5.91 Å². The Hall–Kier alpha value is -0.610. The molecule has 2 unspecified atom stereocenters. The van der Waals surface area contributed by atoms with Gasteiger partial charge in [-0.05, 0) is 31.8 Å². The van der Waals surface area contributed by atoms with Crippen molar-refractivity contribution in [3.63, 3.8) is 0 Å². The minimum absolute atomic E-state index is 0.194. The molecule has 3 N–H and O–H groups in total. The highest BCUT2D eigenvalue weighted by Crippen LogP contribution is 2.18. The Labute approximate surface area is 98.6 Å². The molecule has 1 saturated heterocycles. The molecule has 2 atom stereocenters. The van der Waals surface area contributed by atoms with Crippen molar-refractivity contribution in [3.05, 3.63) is 0 Å². The molecule has 0 aromatic heterocycles. The highest BCUT2D eigenvalue weighted by atomic mass is 16.1. The zero-order valence-corrected chi connectivity index (χ0v) is 10.5. The number of amides is 1. The number of carbonyl (C=O) groups is 1. The highest BCUT2D eigenvalue weighted by molar-refractivity contribution is 5.80. The van der Waals surface area contributed by atoms with Crippen molar-refractivity contribution < 1.29 is 4.79 Å². The summed E-state index contributed by atoms with van der Waals surface area (Å²) in [4.78, 5) is 13.6. The summed E-state index contributed by atoms with van der Waals surface area (Å²) in [5, 5.41) is 3.15. The van der Waals surface area contributed by atoms with E-state index in [1.54, 1.807) is 0 Å². The fraction of sp³-hybridized carbons (Fsp3) is 0.917. The Morgan fingerprint density at radius 1 is 1.56 bits per heavy atom. The van der Waals surface area contributed by atoms with Crippen LogP contribution in [0.5, 0.6) is 0 Å². The normalized spacial score (nSPS) is 24.2. The number of nitrogens with zero attached hydrogens (tertiary/aromatic N) is 1. The van der Waals surface area contributed by atoms with E-state index >= 15 is 0 Å². The average Bonchev–Trinajstić information content (AvgIpc) is 2.28. The van der Waals surface area contributed by atoms with E-state index in [9.17, 15) is 4.79 Å². The van der Waals surface area contributed by atoms with Crippen LogP contribution in [-0.2, 0) is 4.79 Å². The second-order valence-electron chi connectivity index (χ2n) is 4.69. The predicted molar refractivity (Wildman–Crippen MR) is 66.1 cm³/mol. The monoisotopic (exact) mass is 227 g/mol. The zero-order valence-electron chi connectivity index (χ0n) is 10.5. The van der Waals surface area contributed by atoms with Crippen LogP contribution in [0.25, 0.3) is 0 Å². The van der Waals surface area contributed by atoms with Crippen molar-refractivity contribution in [1.29, 1.82) is 0 Å². The van der Waals surface area contributed by atoms with E-state index in [-0.39, 0.29) is 11.9 Å². The Bertz CT molecular complexity index is 220. The molecule has 4 nitrogen and oxygen atoms in total. The molecule has 94 valence electrons. The number of nitrogens with one attached hydrogen (secondary N) is 1. The van der Waals surface area contributed by atoms with E-state index in [0.717, 1.165) is 32.1 Å². The topological polar surface area (TPSA) is 58.4 Å². The molecule has 0 radical (unpaired) electrons. The van der Waals surface area contributed by atoms with E-state index in [0.29, 0.717) is 0 Å². The number of likely N-dealkylation sites (tertiary alicyclic amines) is 1. The fourth-order valence-corrected chi connectivity index (χ4v) is 2.41. The van der Waals surface area contributed by atoms with Crippen molar-refractivity contribution in [2.24, 2.45) is 11.7 Å². The van der Waals surface area contributed by atoms with Gasteiger partial charge in [0.05, 0.1) is 6.04 Å². The summed E-state index contributed by atoms with van der Waals surface area (Å²) in [5.41, 5.74) is 5.38. The first-order chi connectivity index (χ1) is 7.67. The van der Waals surface area contributed by atoms with Crippen LogP contribution >= 0.6 is 0 Å². The minimum Gasteiger partial charge on any atom is -0.368 e. The van der Waals surface area contributed by atoms with Crippen LogP contribution in [0.15, 0.2) is 0 Å². The molecule has 1 fully saturated rings. The summed E-state index contributed by atoms with van der Waals surface area (Å²) < 4.78 is 0. The van der Waals surface area contributed by atoms with Gasteiger partial charge in [0.25, 0.3) is 0 Å². The first-order valence-electron chi connectivity index (χ1n) is 6.42. The molecule has 0 aromatic rings. The molecular formula is C12H25N3O. The maximum absolute atomic E-state index is 11.2. The number of primary amides is 1. The third kappa shape index (κ3) is 4.10. The average molecular weight is 227 g/mol. The van der Waals surface area contributed by atoms with Crippen LogP contribution in [0.3, 0.4) is 0 Å². The van der Waals surface area contributed by atoms with E-state index in [1.165, 1.54) is 19.3 Å². The first-order valence-corrected chi connectivity index (χ1v) is 6.42. The predicted octanol–water partition coefficient (Wildman–Crippen LogP) is 0.572. The Morgan fingerprint density at radius 2 is 2.31 bits per heavy atom. The van der Waals surface area contributed by atoms with Crippen LogP contribution < -0.4 is 11.1 Å². The van der Waals surface area contributed by atoms with Gasteiger partial charge in [-0.3, -0.25) is 4.79 Å². The molecule has 0 aliphatic carbocycles. The Kier molecular flexibility index (Phi) is 5.77. The lowest BCUT2D eigenvalue weighted by Gasteiger charge is -2.34. The molecule has 0 bridgehead atoms. The number of nitrogens with two attached hydrogens (primary N) is 1. The lowest BCUT2D eigenvalue weighted by atomic mass is 9.95. The van der Waals surface area contributed by atoms with Gasteiger partial charge in [0.15, 0.2) is 0 Å².